The number of halogens is 5. The van der Waals surface area contributed by atoms with Crippen molar-refractivity contribution >= 4 is 42.9 Å². The molecule has 0 heterocycles. The number of benzene rings is 2. The summed E-state index contributed by atoms with van der Waals surface area (Å²) in [6.07, 6.45) is 0. The van der Waals surface area contributed by atoms with E-state index in [9.17, 15) is 17.2 Å². The third-order valence-corrected chi connectivity index (χ3v) is 4.53. The van der Waals surface area contributed by atoms with Crippen molar-refractivity contribution in [3.8, 4) is 11.1 Å². The topological polar surface area (TPSA) is 34.1 Å². The molecule has 8 heteroatoms. The summed E-state index contributed by atoms with van der Waals surface area (Å²) in [6.45, 7) is 0. The van der Waals surface area contributed by atoms with Gasteiger partial charge in [-0.3, -0.25) is 0 Å². The highest BCUT2D eigenvalue weighted by atomic mass is 35.7. The maximum absolute atomic E-state index is 13.9. The Kier molecular flexibility index (Phi) is 4.25. The SMILES string of the molecule is O=S(=O)(Cl)c1cc(-c2ccc(Cl)cc2F)c(F)cc1Cl. The first kappa shape index (κ1) is 15.5. The lowest BCUT2D eigenvalue weighted by atomic mass is 10.0. The van der Waals surface area contributed by atoms with Crippen LogP contribution in [0.15, 0.2) is 35.2 Å². The molecule has 0 unspecified atom stereocenters. The fourth-order valence-electron chi connectivity index (χ4n) is 1.63. The molecule has 0 bridgehead atoms. The smallest absolute Gasteiger partial charge is 0.207 e. The van der Waals surface area contributed by atoms with Gasteiger partial charge in [0.2, 0.25) is 0 Å². The number of hydrogen-bond acceptors (Lipinski definition) is 2. The average molecular weight is 358 g/mol. The molecule has 0 saturated carbocycles. The highest BCUT2D eigenvalue weighted by Crippen LogP contribution is 2.34. The molecule has 0 aliphatic carbocycles. The second-order valence-corrected chi connectivity index (χ2v) is 7.20. The summed E-state index contributed by atoms with van der Waals surface area (Å²) in [5.74, 6) is -1.67. The summed E-state index contributed by atoms with van der Waals surface area (Å²) in [6, 6.07) is 5.21. The first-order valence-corrected chi connectivity index (χ1v) is 8.16. The van der Waals surface area contributed by atoms with Gasteiger partial charge in [-0.15, -0.1) is 0 Å². The van der Waals surface area contributed by atoms with Crippen molar-refractivity contribution in [2.45, 2.75) is 4.90 Å². The van der Waals surface area contributed by atoms with Crippen molar-refractivity contribution in [1.82, 2.24) is 0 Å². The molecule has 2 aromatic carbocycles. The second-order valence-electron chi connectivity index (χ2n) is 3.82. The van der Waals surface area contributed by atoms with Crippen LogP contribution in [0, 0.1) is 11.6 Å². The van der Waals surface area contributed by atoms with Crippen LogP contribution in [0.4, 0.5) is 8.78 Å². The summed E-state index contributed by atoms with van der Waals surface area (Å²) in [7, 11) is 1.01. The standard InChI is InChI=1S/C12H5Cl3F2O2S/c13-6-1-2-7(10(16)3-6)8-4-12(20(15,18)19)9(14)5-11(8)17/h1-5H. The molecule has 0 fully saturated rings. The minimum Gasteiger partial charge on any atom is -0.207 e. The highest BCUT2D eigenvalue weighted by molar-refractivity contribution is 8.13. The van der Waals surface area contributed by atoms with E-state index in [4.69, 9.17) is 33.9 Å². The number of hydrogen-bond donors (Lipinski definition) is 0. The molecule has 20 heavy (non-hydrogen) atoms. The molecular formula is C12H5Cl3F2O2S. The maximum Gasteiger partial charge on any atom is 0.262 e. The third kappa shape index (κ3) is 3.06. The normalized spacial score (nSPS) is 11.7. The Morgan fingerprint density at radius 1 is 0.900 bits per heavy atom. The molecule has 2 rings (SSSR count). The lowest BCUT2D eigenvalue weighted by Gasteiger charge is -2.08. The maximum atomic E-state index is 13.9. The molecule has 2 nitrogen and oxygen atoms in total. The van der Waals surface area contributed by atoms with E-state index in [2.05, 4.69) is 0 Å². The van der Waals surface area contributed by atoms with E-state index in [1.165, 1.54) is 12.1 Å². The monoisotopic (exact) mass is 356 g/mol. The van der Waals surface area contributed by atoms with Gasteiger partial charge in [-0.2, -0.15) is 0 Å². The van der Waals surface area contributed by atoms with Gasteiger partial charge in [0.1, 0.15) is 16.5 Å². The highest BCUT2D eigenvalue weighted by Gasteiger charge is 2.20. The van der Waals surface area contributed by atoms with Gasteiger partial charge in [0.15, 0.2) is 0 Å². The van der Waals surface area contributed by atoms with E-state index < -0.39 is 25.6 Å². The van der Waals surface area contributed by atoms with Crippen LogP contribution in [-0.4, -0.2) is 8.42 Å². The molecular weight excluding hydrogens is 353 g/mol. The first-order chi connectivity index (χ1) is 9.20. The van der Waals surface area contributed by atoms with E-state index >= 15 is 0 Å². The van der Waals surface area contributed by atoms with Crippen LogP contribution in [0.3, 0.4) is 0 Å². The van der Waals surface area contributed by atoms with Crippen LogP contribution < -0.4 is 0 Å². The summed E-state index contributed by atoms with van der Waals surface area (Å²) >= 11 is 11.2. The van der Waals surface area contributed by atoms with Gasteiger partial charge < -0.3 is 0 Å². The lowest BCUT2D eigenvalue weighted by Crippen LogP contribution is -1.96. The quantitative estimate of drug-likeness (QED) is 0.719. The van der Waals surface area contributed by atoms with E-state index in [-0.39, 0.29) is 21.2 Å². The van der Waals surface area contributed by atoms with Gasteiger partial charge >= 0.3 is 0 Å². The van der Waals surface area contributed by atoms with Gasteiger partial charge in [-0.25, -0.2) is 17.2 Å². The Balaban J connectivity index is 2.75. The molecule has 0 saturated heterocycles. The van der Waals surface area contributed by atoms with Gasteiger partial charge in [0, 0.05) is 26.8 Å². The van der Waals surface area contributed by atoms with Crippen molar-refractivity contribution in [2.24, 2.45) is 0 Å². The lowest BCUT2D eigenvalue weighted by molar-refractivity contribution is 0.606. The molecule has 0 aliphatic heterocycles. The zero-order valence-corrected chi connectivity index (χ0v) is 12.6. The largest absolute Gasteiger partial charge is 0.262 e. The minimum atomic E-state index is -4.18. The summed E-state index contributed by atoms with van der Waals surface area (Å²) in [5.41, 5.74) is -0.423. The summed E-state index contributed by atoms with van der Waals surface area (Å²) < 4.78 is 50.3. The Morgan fingerprint density at radius 2 is 1.50 bits per heavy atom. The van der Waals surface area contributed by atoms with Crippen LogP contribution >= 0.6 is 33.9 Å². The molecule has 0 atom stereocenters. The zero-order chi connectivity index (χ0) is 15.1. The number of rotatable bonds is 2. The Hall–Kier alpha value is -0.880. The van der Waals surface area contributed by atoms with E-state index in [0.29, 0.717) is 0 Å². The molecule has 0 amide bonds. The Bertz CT molecular complexity index is 792. The molecule has 0 N–H and O–H groups in total. The fraction of sp³-hybridized carbons (Fsp3) is 0. The molecule has 106 valence electrons. The molecule has 0 spiro atoms. The van der Waals surface area contributed by atoms with Gasteiger partial charge in [0.25, 0.3) is 9.05 Å². The first-order valence-electron chi connectivity index (χ1n) is 5.09. The third-order valence-electron chi connectivity index (χ3n) is 2.51. The van der Waals surface area contributed by atoms with Crippen LogP contribution in [0.5, 0.6) is 0 Å². The fourth-order valence-corrected chi connectivity index (χ4v) is 3.30. The predicted octanol–water partition coefficient (Wildman–Crippen LogP) is 4.87. The molecule has 0 radical (unpaired) electrons. The summed E-state index contributed by atoms with van der Waals surface area (Å²) in [5, 5.41) is -0.249. The van der Waals surface area contributed by atoms with Crippen LogP contribution in [0.2, 0.25) is 10.0 Å². The summed E-state index contributed by atoms with van der Waals surface area (Å²) in [4.78, 5) is -0.494. The molecule has 2 aromatic rings. The zero-order valence-electron chi connectivity index (χ0n) is 9.50. The van der Waals surface area contributed by atoms with Crippen LogP contribution in [0.1, 0.15) is 0 Å². The van der Waals surface area contributed by atoms with E-state index in [1.807, 2.05) is 0 Å². The van der Waals surface area contributed by atoms with Crippen molar-refractivity contribution in [1.29, 1.82) is 0 Å². The Labute approximate surface area is 128 Å². The minimum absolute atomic E-state index is 0.130. The van der Waals surface area contributed by atoms with Gasteiger partial charge in [0.05, 0.1) is 5.02 Å². The van der Waals surface area contributed by atoms with Crippen molar-refractivity contribution < 1.29 is 17.2 Å². The average Bonchev–Trinajstić information content (AvgIpc) is 2.28. The van der Waals surface area contributed by atoms with Gasteiger partial charge in [-0.05, 0) is 30.3 Å². The van der Waals surface area contributed by atoms with Crippen LogP contribution in [0.25, 0.3) is 11.1 Å². The molecule has 0 aromatic heterocycles. The van der Waals surface area contributed by atoms with E-state index in [0.717, 1.165) is 18.2 Å². The second kappa shape index (κ2) is 5.48. The van der Waals surface area contributed by atoms with Crippen molar-refractivity contribution in [3.05, 3.63) is 52.0 Å². The van der Waals surface area contributed by atoms with E-state index in [1.54, 1.807) is 0 Å². The van der Waals surface area contributed by atoms with Crippen molar-refractivity contribution in [2.75, 3.05) is 0 Å². The van der Waals surface area contributed by atoms with Crippen LogP contribution in [-0.2, 0) is 9.05 Å². The predicted molar refractivity (Wildman–Crippen MR) is 74.9 cm³/mol. The molecule has 0 aliphatic rings. The van der Waals surface area contributed by atoms with Crippen molar-refractivity contribution in [3.63, 3.8) is 0 Å². The Morgan fingerprint density at radius 3 is 2.05 bits per heavy atom. The van der Waals surface area contributed by atoms with Gasteiger partial charge in [-0.1, -0.05) is 23.2 Å².